The summed E-state index contributed by atoms with van der Waals surface area (Å²) in [4.78, 5) is 32.4. The van der Waals surface area contributed by atoms with E-state index in [2.05, 4.69) is 10.1 Å². The van der Waals surface area contributed by atoms with Crippen LogP contribution in [0.5, 0.6) is 0 Å². The number of aryl methyl sites for hydroxylation is 1. The van der Waals surface area contributed by atoms with Crippen LogP contribution >= 0.6 is 0 Å². The average Bonchev–Trinajstić information content (AvgIpc) is 3.13. The lowest BCUT2D eigenvalue weighted by Crippen LogP contribution is -2.57. The van der Waals surface area contributed by atoms with E-state index < -0.39 is 6.61 Å². The molecule has 2 fully saturated rings. The fourth-order valence-corrected chi connectivity index (χ4v) is 3.83. The second-order valence-electron chi connectivity index (χ2n) is 6.88. The molecule has 1 saturated carbocycles. The van der Waals surface area contributed by atoms with Gasteiger partial charge in [-0.25, -0.2) is 0 Å². The molecule has 1 N–H and O–H groups in total. The lowest BCUT2D eigenvalue weighted by molar-refractivity contribution is -0.158. The lowest BCUT2D eigenvalue weighted by Gasteiger charge is -2.45. The quantitative estimate of drug-likeness (QED) is 0.780. The molecule has 0 unspecified atom stereocenters. The average molecular weight is 366 g/mol. The molecule has 0 radical (unpaired) electrons. The Morgan fingerprint density at radius 2 is 2.19 bits per heavy atom. The van der Waals surface area contributed by atoms with E-state index in [-0.39, 0.29) is 29.9 Å². The molecule has 9 heteroatoms. The Kier molecular flexibility index (Phi) is 5.87. The molecule has 2 amide bonds. The van der Waals surface area contributed by atoms with Crippen molar-refractivity contribution in [3.8, 4) is 0 Å². The van der Waals surface area contributed by atoms with E-state index in [1.165, 1.54) is 0 Å². The van der Waals surface area contributed by atoms with Gasteiger partial charge in [0.25, 0.3) is 0 Å². The number of nitrogens with zero attached hydrogens (tertiary/aromatic N) is 4. The van der Waals surface area contributed by atoms with Gasteiger partial charge in [-0.2, -0.15) is 4.98 Å². The van der Waals surface area contributed by atoms with Gasteiger partial charge >= 0.3 is 0 Å². The number of amides is 2. The maximum absolute atomic E-state index is 12.8. The van der Waals surface area contributed by atoms with Crippen molar-refractivity contribution in [3.63, 3.8) is 0 Å². The van der Waals surface area contributed by atoms with Crippen LogP contribution in [0, 0.1) is 5.92 Å². The van der Waals surface area contributed by atoms with Gasteiger partial charge in [-0.3, -0.25) is 9.59 Å². The summed E-state index contributed by atoms with van der Waals surface area (Å²) < 4.78 is 10.9. The minimum Gasteiger partial charge on any atom is -0.387 e. The molecule has 1 aliphatic heterocycles. The van der Waals surface area contributed by atoms with Crippen LogP contribution in [0.3, 0.4) is 0 Å². The van der Waals surface area contributed by atoms with E-state index in [0.29, 0.717) is 44.3 Å². The zero-order chi connectivity index (χ0) is 18.7. The van der Waals surface area contributed by atoms with E-state index in [4.69, 9.17) is 9.26 Å². The van der Waals surface area contributed by atoms with Gasteiger partial charge in [-0.1, -0.05) is 12.1 Å². The number of aliphatic hydroxyl groups is 1. The van der Waals surface area contributed by atoms with Crippen LogP contribution in [0.1, 0.15) is 37.9 Å². The van der Waals surface area contributed by atoms with Gasteiger partial charge in [-0.15, -0.1) is 0 Å². The Hall–Kier alpha value is -2.00. The Labute approximate surface area is 152 Å². The molecule has 0 spiro atoms. The lowest BCUT2D eigenvalue weighted by atomic mass is 9.81. The summed E-state index contributed by atoms with van der Waals surface area (Å²) in [6, 6.07) is -0.156. The maximum Gasteiger partial charge on any atom is 0.248 e. The highest BCUT2D eigenvalue weighted by Gasteiger charge is 2.42. The second-order valence-corrected chi connectivity index (χ2v) is 6.88. The van der Waals surface area contributed by atoms with Gasteiger partial charge in [0.05, 0.1) is 25.3 Å². The number of carbonyl (C=O) groups excluding carboxylic acids is 2. The van der Waals surface area contributed by atoms with E-state index in [9.17, 15) is 14.7 Å². The first kappa shape index (κ1) is 18.8. The Morgan fingerprint density at radius 3 is 2.88 bits per heavy atom. The first-order chi connectivity index (χ1) is 12.5. The largest absolute Gasteiger partial charge is 0.387 e. The summed E-state index contributed by atoms with van der Waals surface area (Å²) in [6.45, 7) is 2.64. The summed E-state index contributed by atoms with van der Waals surface area (Å²) in [7, 11) is 1.73. The molecular formula is C17H26N4O5. The molecule has 2 aliphatic rings. The Bertz CT molecular complexity index is 649. The monoisotopic (exact) mass is 366 g/mol. The number of morpholine rings is 1. The summed E-state index contributed by atoms with van der Waals surface area (Å²) in [6.07, 6.45) is 2.60. The van der Waals surface area contributed by atoms with Crippen LogP contribution < -0.4 is 0 Å². The number of carbonyl (C=O) groups is 2. The number of ether oxygens (including phenoxy) is 1. The highest BCUT2D eigenvalue weighted by atomic mass is 16.5. The van der Waals surface area contributed by atoms with Crippen LogP contribution in [0.15, 0.2) is 4.52 Å². The topological polar surface area (TPSA) is 109 Å². The molecule has 1 aromatic heterocycles. The van der Waals surface area contributed by atoms with Gasteiger partial charge in [0.15, 0.2) is 5.82 Å². The minimum atomic E-state index is -0.515. The van der Waals surface area contributed by atoms with Crippen molar-refractivity contribution < 1.29 is 24.0 Å². The molecule has 3 rings (SSSR count). The Morgan fingerprint density at radius 1 is 1.38 bits per heavy atom. The van der Waals surface area contributed by atoms with Crippen molar-refractivity contribution in [1.82, 2.24) is 19.9 Å². The predicted molar refractivity (Wildman–Crippen MR) is 89.8 cm³/mol. The third-order valence-corrected chi connectivity index (χ3v) is 5.19. The van der Waals surface area contributed by atoms with E-state index in [1.807, 2.05) is 6.92 Å². The van der Waals surface area contributed by atoms with Gasteiger partial charge in [0.1, 0.15) is 6.61 Å². The zero-order valence-electron chi connectivity index (χ0n) is 15.3. The minimum absolute atomic E-state index is 0.00766. The molecule has 26 heavy (non-hydrogen) atoms. The van der Waals surface area contributed by atoms with E-state index in [0.717, 1.165) is 12.8 Å². The van der Waals surface area contributed by atoms with Gasteiger partial charge in [0.2, 0.25) is 17.7 Å². The molecule has 2 heterocycles. The second kappa shape index (κ2) is 8.13. The van der Waals surface area contributed by atoms with Gasteiger partial charge in [0, 0.05) is 25.9 Å². The number of aromatic nitrogens is 2. The summed E-state index contributed by atoms with van der Waals surface area (Å²) in [5, 5.41) is 13.1. The summed E-state index contributed by atoms with van der Waals surface area (Å²) in [5.74, 6) is 0.565. The van der Waals surface area contributed by atoms with Crippen molar-refractivity contribution in [1.29, 1.82) is 0 Å². The third-order valence-electron chi connectivity index (χ3n) is 5.19. The van der Waals surface area contributed by atoms with Crippen molar-refractivity contribution in [2.24, 2.45) is 5.92 Å². The first-order valence-electron chi connectivity index (χ1n) is 9.11. The highest BCUT2D eigenvalue weighted by molar-refractivity contribution is 5.80. The van der Waals surface area contributed by atoms with Crippen molar-refractivity contribution in [2.45, 2.75) is 51.3 Å². The molecule has 1 aliphatic carbocycles. The number of aliphatic hydroxyl groups excluding tert-OH is 1. The van der Waals surface area contributed by atoms with Crippen LogP contribution in [-0.4, -0.2) is 75.8 Å². The number of fused-ring (bicyclic) bond motifs is 1. The van der Waals surface area contributed by atoms with Crippen molar-refractivity contribution in [2.75, 3.05) is 26.8 Å². The molecule has 3 atom stereocenters. The van der Waals surface area contributed by atoms with Crippen molar-refractivity contribution in [3.05, 3.63) is 11.7 Å². The van der Waals surface area contributed by atoms with Crippen LogP contribution in [0.25, 0.3) is 0 Å². The van der Waals surface area contributed by atoms with Crippen LogP contribution in [0.4, 0.5) is 0 Å². The summed E-state index contributed by atoms with van der Waals surface area (Å²) in [5.41, 5.74) is 0. The molecule has 0 aromatic carbocycles. The molecule has 1 aromatic rings. The smallest absolute Gasteiger partial charge is 0.248 e. The van der Waals surface area contributed by atoms with Gasteiger partial charge < -0.3 is 24.2 Å². The molecule has 0 bridgehead atoms. The molecular weight excluding hydrogens is 340 g/mol. The standard InChI is InChI=1S/C17H26N4O5/c1-3-15-18-14(19-26-15)9-20(2)17(24)11-4-5-13-12(8-11)21(6-7-25-13)16(23)10-22/h11-13,22H,3-10H2,1-2H3/t11-,12+,13+/m0/s1. The highest BCUT2D eigenvalue weighted by Crippen LogP contribution is 2.33. The maximum atomic E-state index is 12.8. The SMILES string of the molecule is CCc1nc(CN(C)C(=O)[C@H]2CC[C@H]3OCCN(C(=O)CO)[C@@H]3C2)no1. The predicted octanol–water partition coefficient (Wildman–Crippen LogP) is -0.0212. The van der Waals surface area contributed by atoms with E-state index in [1.54, 1.807) is 16.8 Å². The number of hydrogen-bond donors (Lipinski definition) is 1. The van der Waals surface area contributed by atoms with Crippen LogP contribution in [-0.2, 0) is 27.3 Å². The molecule has 144 valence electrons. The van der Waals surface area contributed by atoms with Crippen LogP contribution in [0.2, 0.25) is 0 Å². The summed E-state index contributed by atoms with van der Waals surface area (Å²) >= 11 is 0. The first-order valence-corrected chi connectivity index (χ1v) is 9.11. The molecule has 1 saturated heterocycles. The fourth-order valence-electron chi connectivity index (χ4n) is 3.83. The fraction of sp³-hybridized carbons (Fsp3) is 0.765. The van der Waals surface area contributed by atoms with E-state index >= 15 is 0 Å². The molecule has 9 nitrogen and oxygen atoms in total. The normalized spacial score (nSPS) is 25.7. The third kappa shape index (κ3) is 3.88. The zero-order valence-corrected chi connectivity index (χ0v) is 15.3. The van der Waals surface area contributed by atoms with Gasteiger partial charge in [-0.05, 0) is 19.3 Å². The van der Waals surface area contributed by atoms with Crippen molar-refractivity contribution >= 4 is 11.8 Å². The Balaban J connectivity index is 1.63. The number of hydrogen-bond acceptors (Lipinski definition) is 7. The number of rotatable bonds is 5.